The molecule has 0 bridgehead atoms. The second-order valence-electron chi connectivity index (χ2n) is 2.49. The molecule has 2 N–H and O–H groups in total. The average molecular weight is 175 g/mol. The molecule has 12 heavy (non-hydrogen) atoms. The Hall–Kier alpha value is -0.970. The molecule has 0 aliphatic rings. The SMILES string of the molecule is CCn1cc(C(F)(F)CN)cn1. The summed E-state index contributed by atoms with van der Waals surface area (Å²) in [6.45, 7) is 1.74. The maximum absolute atomic E-state index is 12.9. The molecular weight excluding hydrogens is 164 g/mol. The molecule has 0 atom stereocenters. The minimum Gasteiger partial charge on any atom is -0.325 e. The zero-order valence-electron chi connectivity index (χ0n) is 6.80. The lowest BCUT2D eigenvalue weighted by atomic mass is 10.2. The Bertz CT molecular complexity index is 257. The molecular formula is C7H11F2N3. The van der Waals surface area contributed by atoms with Crippen LogP contribution < -0.4 is 5.73 Å². The minimum atomic E-state index is -2.95. The Balaban J connectivity index is 2.88. The van der Waals surface area contributed by atoms with Crippen LogP contribution in [0.4, 0.5) is 8.78 Å². The normalized spacial score (nSPS) is 12.0. The van der Waals surface area contributed by atoms with E-state index in [2.05, 4.69) is 5.10 Å². The fourth-order valence-electron chi connectivity index (χ4n) is 0.843. The van der Waals surface area contributed by atoms with Crippen molar-refractivity contribution in [2.24, 2.45) is 5.73 Å². The van der Waals surface area contributed by atoms with Gasteiger partial charge in [-0.15, -0.1) is 0 Å². The van der Waals surface area contributed by atoms with Crippen molar-refractivity contribution in [1.82, 2.24) is 9.78 Å². The highest BCUT2D eigenvalue weighted by Gasteiger charge is 2.30. The summed E-state index contributed by atoms with van der Waals surface area (Å²) in [6.07, 6.45) is 2.46. The summed E-state index contributed by atoms with van der Waals surface area (Å²) in [7, 11) is 0. The highest BCUT2D eigenvalue weighted by molar-refractivity contribution is 5.12. The first kappa shape index (κ1) is 9.12. The van der Waals surface area contributed by atoms with Crippen LogP contribution in [-0.4, -0.2) is 16.3 Å². The van der Waals surface area contributed by atoms with E-state index < -0.39 is 12.5 Å². The average Bonchev–Trinajstić information content (AvgIpc) is 2.52. The van der Waals surface area contributed by atoms with Gasteiger partial charge in [0.05, 0.1) is 18.3 Å². The van der Waals surface area contributed by atoms with E-state index in [9.17, 15) is 8.78 Å². The lowest BCUT2D eigenvalue weighted by Gasteiger charge is -2.09. The highest BCUT2D eigenvalue weighted by Crippen LogP contribution is 2.25. The fourth-order valence-corrected chi connectivity index (χ4v) is 0.843. The number of hydrogen-bond acceptors (Lipinski definition) is 2. The van der Waals surface area contributed by atoms with Crippen molar-refractivity contribution in [2.75, 3.05) is 6.54 Å². The maximum atomic E-state index is 12.9. The largest absolute Gasteiger partial charge is 0.325 e. The van der Waals surface area contributed by atoms with E-state index in [0.717, 1.165) is 6.20 Å². The molecule has 0 amide bonds. The smallest absolute Gasteiger partial charge is 0.288 e. The summed E-state index contributed by atoms with van der Waals surface area (Å²) in [5.41, 5.74) is 4.78. The van der Waals surface area contributed by atoms with E-state index in [-0.39, 0.29) is 5.56 Å². The molecule has 68 valence electrons. The van der Waals surface area contributed by atoms with Crippen LogP contribution in [0.5, 0.6) is 0 Å². The van der Waals surface area contributed by atoms with Gasteiger partial charge in [-0.2, -0.15) is 13.9 Å². The van der Waals surface area contributed by atoms with Gasteiger partial charge >= 0.3 is 0 Å². The fraction of sp³-hybridized carbons (Fsp3) is 0.571. The second kappa shape index (κ2) is 3.18. The standard InChI is InChI=1S/C7H11F2N3/c1-2-12-4-6(3-11-12)7(8,9)5-10/h3-4H,2,5,10H2,1H3. The Kier molecular flexibility index (Phi) is 2.42. The summed E-state index contributed by atoms with van der Waals surface area (Å²) in [5, 5.41) is 3.73. The molecule has 0 saturated heterocycles. The van der Waals surface area contributed by atoms with Crippen molar-refractivity contribution in [1.29, 1.82) is 0 Å². The Morgan fingerprint density at radius 3 is 2.75 bits per heavy atom. The lowest BCUT2D eigenvalue weighted by Crippen LogP contribution is -2.24. The van der Waals surface area contributed by atoms with E-state index in [0.29, 0.717) is 6.54 Å². The summed E-state index contributed by atoms with van der Waals surface area (Å²) >= 11 is 0. The molecule has 0 spiro atoms. The number of alkyl halides is 2. The summed E-state index contributed by atoms with van der Waals surface area (Å²) in [4.78, 5) is 0. The number of nitrogens with two attached hydrogens (primary N) is 1. The van der Waals surface area contributed by atoms with E-state index in [1.54, 1.807) is 0 Å². The summed E-state index contributed by atoms with van der Waals surface area (Å²) < 4.78 is 27.2. The van der Waals surface area contributed by atoms with Gasteiger partial charge < -0.3 is 5.73 Å². The van der Waals surface area contributed by atoms with Gasteiger partial charge in [-0.3, -0.25) is 4.68 Å². The van der Waals surface area contributed by atoms with Gasteiger partial charge in [0, 0.05) is 12.7 Å². The molecule has 0 radical (unpaired) electrons. The van der Waals surface area contributed by atoms with Crippen molar-refractivity contribution in [3.05, 3.63) is 18.0 Å². The first-order chi connectivity index (χ1) is 5.60. The van der Waals surface area contributed by atoms with Crippen molar-refractivity contribution in [2.45, 2.75) is 19.4 Å². The molecule has 3 nitrogen and oxygen atoms in total. The molecule has 5 heteroatoms. The van der Waals surface area contributed by atoms with Crippen LogP contribution in [0.25, 0.3) is 0 Å². The van der Waals surface area contributed by atoms with Crippen LogP contribution in [0.3, 0.4) is 0 Å². The van der Waals surface area contributed by atoms with Crippen molar-refractivity contribution >= 4 is 0 Å². The van der Waals surface area contributed by atoms with Crippen molar-refractivity contribution in [3.8, 4) is 0 Å². The van der Waals surface area contributed by atoms with E-state index >= 15 is 0 Å². The molecule has 1 rings (SSSR count). The predicted octanol–water partition coefficient (Wildman–Crippen LogP) is 0.954. The molecule has 0 aliphatic carbocycles. The lowest BCUT2D eigenvalue weighted by molar-refractivity contribution is 0.00586. The van der Waals surface area contributed by atoms with Crippen LogP contribution in [-0.2, 0) is 12.5 Å². The first-order valence-corrected chi connectivity index (χ1v) is 3.71. The maximum Gasteiger partial charge on any atom is 0.288 e. The van der Waals surface area contributed by atoms with E-state index in [4.69, 9.17) is 5.73 Å². The quantitative estimate of drug-likeness (QED) is 0.743. The van der Waals surface area contributed by atoms with Gasteiger partial charge in [-0.25, -0.2) is 0 Å². The molecule has 0 aromatic carbocycles. The number of aryl methyl sites for hydroxylation is 1. The summed E-state index contributed by atoms with van der Waals surface area (Å²) in [5.74, 6) is -2.95. The van der Waals surface area contributed by atoms with Crippen LogP contribution in [0.2, 0.25) is 0 Å². The number of hydrogen-bond donors (Lipinski definition) is 1. The van der Waals surface area contributed by atoms with Gasteiger partial charge in [0.1, 0.15) is 0 Å². The topological polar surface area (TPSA) is 43.8 Å². The Morgan fingerprint density at radius 2 is 2.33 bits per heavy atom. The molecule has 0 fully saturated rings. The number of halogens is 2. The zero-order chi connectivity index (χ0) is 9.19. The van der Waals surface area contributed by atoms with Gasteiger partial charge in [-0.05, 0) is 6.92 Å². The zero-order valence-corrected chi connectivity index (χ0v) is 6.80. The third-order valence-corrected chi connectivity index (χ3v) is 1.64. The van der Waals surface area contributed by atoms with Gasteiger partial charge in [-0.1, -0.05) is 0 Å². The van der Waals surface area contributed by atoms with Crippen LogP contribution in [0.1, 0.15) is 12.5 Å². The first-order valence-electron chi connectivity index (χ1n) is 3.71. The molecule has 1 aromatic rings. The summed E-state index contributed by atoms with van der Waals surface area (Å²) in [6, 6.07) is 0. The van der Waals surface area contributed by atoms with E-state index in [1.807, 2.05) is 6.92 Å². The second-order valence-corrected chi connectivity index (χ2v) is 2.49. The molecule has 1 aromatic heterocycles. The number of aromatic nitrogens is 2. The van der Waals surface area contributed by atoms with Crippen LogP contribution in [0.15, 0.2) is 12.4 Å². The Morgan fingerprint density at radius 1 is 1.67 bits per heavy atom. The third kappa shape index (κ3) is 1.61. The molecule has 0 saturated carbocycles. The Labute approximate surface area is 69.2 Å². The minimum absolute atomic E-state index is 0.119. The predicted molar refractivity (Wildman–Crippen MR) is 40.8 cm³/mol. The molecule has 0 unspecified atom stereocenters. The van der Waals surface area contributed by atoms with Gasteiger partial charge in [0.2, 0.25) is 0 Å². The van der Waals surface area contributed by atoms with Gasteiger partial charge in [0.15, 0.2) is 0 Å². The van der Waals surface area contributed by atoms with Crippen LogP contribution >= 0.6 is 0 Å². The van der Waals surface area contributed by atoms with Crippen molar-refractivity contribution < 1.29 is 8.78 Å². The van der Waals surface area contributed by atoms with E-state index in [1.165, 1.54) is 10.9 Å². The highest BCUT2D eigenvalue weighted by atomic mass is 19.3. The van der Waals surface area contributed by atoms with Crippen LogP contribution in [0, 0.1) is 0 Å². The molecule has 0 aliphatic heterocycles. The number of nitrogens with zero attached hydrogens (tertiary/aromatic N) is 2. The van der Waals surface area contributed by atoms with Crippen molar-refractivity contribution in [3.63, 3.8) is 0 Å². The molecule has 1 heterocycles. The number of rotatable bonds is 3. The third-order valence-electron chi connectivity index (χ3n) is 1.64. The monoisotopic (exact) mass is 175 g/mol. The van der Waals surface area contributed by atoms with Gasteiger partial charge in [0.25, 0.3) is 5.92 Å².